The summed E-state index contributed by atoms with van der Waals surface area (Å²) in [7, 11) is 1.78. The zero-order valence-electron chi connectivity index (χ0n) is 12.3. The van der Waals surface area contributed by atoms with Crippen LogP contribution in [0.1, 0.15) is 25.7 Å². The molecule has 1 aliphatic carbocycles. The summed E-state index contributed by atoms with van der Waals surface area (Å²) in [4.78, 5) is 3.94. The first-order chi connectivity index (χ1) is 10.4. The van der Waals surface area contributed by atoms with Crippen LogP contribution in [0.5, 0.6) is 5.75 Å². The van der Waals surface area contributed by atoms with Gasteiger partial charge in [-0.15, -0.1) is 0 Å². The van der Waals surface area contributed by atoms with Gasteiger partial charge in [0.05, 0.1) is 11.8 Å². The smallest absolute Gasteiger partial charge is 0.138 e. The molecule has 1 atom stereocenters. The van der Waals surface area contributed by atoms with E-state index >= 15 is 0 Å². The first-order valence-electron chi connectivity index (χ1n) is 7.47. The van der Waals surface area contributed by atoms with Gasteiger partial charge in [0.15, 0.2) is 0 Å². The predicted octanol–water partition coefficient (Wildman–Crippen LogP) is 2.85. The molecule has 1 aromatic heterocycles. The van der Waals surface area contributed by atoms with Crippen molar-refractivity contribution in [2.75, 3.05) is 13.7 Å². The largest absolute Gasteiger partial charge is 0.491 e. The van der Waals surface area contributed by atoms with Gasteiger partial charge in [-0.1, -0.05) is 12.8 Å². The van der Waals surface area contributed by atoms with E-state index in [1.54, 1.807) is 18.1 Å². The second-order valence-electron chi connectivity index (χ2n) is 5.46. The molecule has 1 saturated carbocycles. The molecule has 5 heteroatoms. The molecule has 0 spiro atoms. The summed E-state index contributed by atoms with van der Waals surface area (Å²) in [5.74, 6) is 1.50. The van der Waals surface area contributed by atoms with Crippen LogP contribution < -0.4 is 4.74 Å². The van der Waals surface area contributed by atoms with Crippen LogP contribution in [0, 0.1) is 5.92 Å². The maximum absolute atomic E-state index is 5.87. The zero-order valence-corrected chi connectivity index (χ0v) is 12.3. The van der Waals surface area contributed by atoms with Gasteiger partial charge in [0, 0.05) is 7.11 Å². The minimum Gasteiger partial charge on any atom is -0.491 e. The molecule has 0 bridgehead atoms. The van der Waals surface area contributed by atoms with Gasteiger partial charge in [-0.2, -0.15) is 5.10 Å². The molecular weight excluding hydrogens is 266 g/mol. The number of hydrogen-bond acceptors (Lipinski definition) is 4. The van der Waals surface area contributed by atoms with Crippen molar-refractivity contribution >= 4 is 0 Å². The Morgan fingerprint density at radius 2 is 2.00 bits per heavy atom. The Labute approximate surface area is 124 Å². The standard InChI is InChI=1S/C16H21N3O2/c1-20-16(13-4-2-3-5-13)10-21-15-8-6-14(7-9-15)19-12-17-11-18-19/h6-9,11-13,16H,2-5,10H2,1H3. The Morgan fingerprint density at radius 3 is 2.62 bits per heavy atom. The Kier molecular flexibility index (Phi) is 4.50. The number of nitrogens with zero attached hydrogens (tertiary/aromatic N) is 3. The molecule has 0 aliphatic heterocycles. The molecule has 1 aliphatic rings. The van der Waals surface area contributed by atoms with Crippen LogP contribution in [-0.4, -0.2) is 34.6 Å². The molecule has 5 nitrogen and oxygen atoms in total. The van der Waals surface area contributed by atoms with Crippen LogP contribution in [0.15, 0.2) is 36.9 Å². The summed E-state index contributed by atoms with van der Waals surface area (Å²) < 4.78 is 13.2. The van der Waals surface area contributed by atoms with E-state index < -0.39 is 0 Å². The lowest BCUT2D eigenvalue weighted by Gasteiger charge is -2.22. The molecule has 1 heterocycles. The van der Waals surface area contributed by atoms with Crippen LogP contribution >= 0.6 is 0 Å². The average Bonchev–Trinajstić information content (AvgIpc) is 3.22. The fourth-order valence-electron chi connectivity index (χ4n) is 2.94. The highest BCUT2D eigenvalue weighted by molar-refractivity contribution is 5.36. The molecule has 1 fully saturated rings. The van der Waals surface area contributed by atoms with E-state index in [0.29, 0.717) is 12.5 Å². The summed E-state index contributed by atoms with van der Waals surface area (Å²) in [5.41, 5.74) is 0.971. The van der Waals surface area contributed by atoms with Gasteiger partial charge in [0.1, 0.15) is 25.0 Å². The number of ether oxygens (including phenoxy) is 2. The molecule has 1 aromatic carbocycles. The van der Waals surface area contributed by atoms with Crippen molar-refractivity contribution < 1.29 is 9.47 Å². The van der Waals surface area contributed by atoms with Crippen LogP contribution in [0.4, 0.5) is 0 Å². The van der Waals surface area contributed by atoms with E-state index in [1.165, 1.54) is 32.0 Å². The van der Waals surface area contributed by atoms with E-state index in [9.17, 15) is 0 Å². The van der Waals surface area contributed by atoms with E-state index in [4.69, 9.17) is 9.47 Å². The lowest BCUT2D eigenvalue weighted by Crippen LogP contribution is -2.27. The number of aromatic nitrogens is 3. The van der Waals surface area contributed by atoms with E-state index in [-0.39, 0.29) is 6.10 Å². The topological polar surface area (TPSA) is 49.2 Å². The molecule has 1 unspecified atom stereocenters. The van der Waals surface area contributed by atoms with Crippen molar-refractivity contribution in [1.82, 2.24) is 14.8 Å². The monoisotopic (exact) mass is 287 g/mol. The fraction of sp³-hybridized carbons (Fsp3) is 0.500. The number of methoxy groups -OCH3 is 1. The van der Waals surface area contributed by atoms with Crippen LogP contribution in [0.25, 0.3) is 5.69 Å². The van der Waals surface area contributed by atoms with Gasteiger partial charge in [-0.25, -0.2) is 9.67 Å². The second-order valence-corrected chi connectivity index (χ2v) is 5.46. The maximum Gasteiger partial charge on any atom is 0.138 e. The molecule has 2 aromatic rings. The van der Waals surface area contributed by atoms with E-state index in [0.717, 1.165) is 11.4 Å². The van der Waals surface area contributed by atoms with Crippen molar-refractivity contribution in [2.45, 2.75) is 31.8 Å². The van der Waals surface area contributed by atoms with Gasteiger partial charge < -0.3 is 9.47 Å². The fourth-order valence-corrected chi connectivity index (χ4v) is 2.94. The Hall–Kier alpha value is -1.88. The highest BCUT2D eigenvalue weighted by Gasteiger charge is 2.25. The third-order valence-electron chi connectivity index (χ3n) is 4.16. The molecule has 0 amide bonds. The molecule has 0 saturated heterocycles. The predicted molar refractivity (Wildman–Crippen MR) is 79.6 cm³/mol. The Bertz CT molecular complexity index is 533. The van der Waals surface area contributed by atoms with Crippen molar-refractivity contribution in [2.24, 2.45) is 5.92 Å². The van der Waals surface area contributed by atoms with Gasteiger partial charge in [-0.3, -0.25) is 0 Å². The third-order valence-corrected chi connectivity index (χ3v) is 4.16. The highest BCUT2D eigenvalue weighted by Crippen LogP contribution is 2.29. The first kappa shape index (κ1) is 14.1. The molecular formula is C16H21N3O2. The lowest BCUT2D eigenvalue weighted by molar-refractivity contribution is 0.0173. The molecule has 0 N–H and O–H groups in total. The summed E-state index contributed by atoms with van der Waals surface area (Å²) >= 11 is 0. The van der Waals surface area contributed by atoms with Crippen molar-refractivity contribution in [3.05, 3.63) is 36.9 Å². The van der Waals surface area contributed by atoms with Crippen molar-refractivity contribution in [1.29, 1.82) is 0 Å². The number of rotatable bonds is 6. The van der Waals surface area contributed by atoms with Gasteiger partial charge in [-0.05, 0) is 43.0 Å². The van der Waals surface area contributed by atoms with Crippen molar-refractivity contribution in [3.63, 3.8) is 0 Å². The Balaban J connectivity index is 1.57. The van der Waals surface area contributed by atoms with E-state index in [1.807, 2.05) is 24.3 Å². The van der Waals surface area contributed by atoms with Gasteiger partial charge in [0.2, 0.25) is 0 Å². The summed E-state index contributed by atoms with van der Waals surface area (Å²) in [6.07, 6.45) is 8.54. The lowest BCUT2D eigenvalue weighted by atomic mass is 10.0. The summed E-state index contributed by atoms with van der Waals surface area (Å²) in [6.45, 7) is 0.615. The number of benzene rings is 1. The van der Waals surface area contributed by atoms with Crippen LogP contribution in [-0.2, 0) is 4.74 Å². The number of hydrogen-bond donors (Lipinski definition) is 0. The summed E-state index contributed by atoms with van der Waals surface area (Å²) in [6, 6.07) is 7.86. The van der Waals surface area contributed by atoms with Crippen molar-refractivity contribution in [3.8, 4) is 11.4 Å². The summed E-state index contributed by atoms with van der Waals surface area (Å²) in [5, 5.41) is 4.10. The van der Waals surface area contributed by atoms with Crippen LogP contribution in [0.2, 0.25) is 0 Å². The minimum absolute atomic E-state index is 0.197. The quantitative estimate of drug-likeness (QED) is 0.819. The van der Waals surface area contributed by atoms with Crippen LogP contribution in [0.3, 0.4) is 0 Å². The van der Waals surface area contributed by atoms with Gasteiger partial charge in [0.25, 0.3) is 0 Å². The molecule has 21 heavy (non-hydrogen) atoms. The molecule has 3 rings (SSSR count). The SMILES string of the molecule is COC(COc1ccc(-n2cncn2)cc1)C1CCCC1. The average molecular weight is 287 g/mol. The second kappa shape index (κ2) is 6.72. The van der Waals surface area contributed by atoms with E-state index in [2.05, 4.69) is 10.1 Å². The van der Waals surface area contributed by atoms with Gasteiger partial charge >= 0.3 is 0 Å². The highest BCUT2D eigenvalue weighted by atomic mass is 16.5. The first-order valence-corrected chi connectivity index (χ1v) is 7.47. The molecule has 0 radical (unpaired) electrons. The Morgan fingerprint density at radius 1 is 1.24 bits per heavy atom. The third kappa shape index (κ3) is 3.42. The normalized spacial score (nSPS) is 17.0. The zero-order chi connectivity index (χ0) is 14.5. The minimum atomic E-state index is 0.197. The maximum atomic E-state index is 5.87. The molecule has 112 valence electrons.